The zero-order valence-corrected chi connectivity index (χ0v) is 11.0. The van der Waals surface area contributed by atoms with Crippen LogP contribution in [0.2, 0.25) is 0 Å². The Morgan fingerprint density at radius 1 is 1.22 bits per heavy atom. The average molecular weight is 244 g/mol. The molecule has 1 heterocycles. The molecule has 0 aliphatic carbocycles. The van der Waals surface area contributed by atoms with E-state index in [1.165, 1.54) is 5.39 Å². The van der Waals surface area contributed by atoms with Crippen LogP contribution in [0.1, 0.15) is 20.3 Å². The van der Waals surface area contributed by atoms with Crippen molar-refractivity contribution in [3.05, 3.63) is 36.5 Å². The van der Waals surface area contributed by atoms with E-state index in [-0.39, 0.29) is 12.0 Å². The van der Waals surface area contributed by atoms with Crippen LogP contribution in [0, 0.1) is 5.41 Å². The van der Waals surface area contributed by atoms with E-state index in [0.29, 0.717) is 0 Å². The zero-order valence-electron chi connectivity index (χ0n) is 11.0. The highest BCUT2D eigenvalue weighted by atomic mass is 16.3. The molecule has 18 heavy (non-hydrogen) atoms. The number of benzene rings is 1. The van der Waals surface area contributed by atoms with E-state index in [4.69, 9.17) is 5.11 Å². The predicted molar refractivity (Wildman–Crippen MR) is 75.7 cm³/mol. The van der Waals surface area contributed by atoms with Crippen molar-refractivity contribution in [3.63, 3.8) is 0 Å². The minimum atomic E-state index is 0.0629. The van der Waals surface area contributed by atoms with Gasteiger partial charge in [0, 0.05) is 24.7 Å². The van der Waals surface area contributed by atoms with Gasteiger partial charge in [0.2, 0.25) is 0 Å². The molecule has 0 saturated heterocycles. The number of fused-ring (bicyclic) bond motifs is 1. The normalized spacial score (nSPS) is 11.7. The lowest BCUT2D eigenvalue weighted by Crippen LogP contribution is -2.24. The summed E-state index contributed by atoms with van der Waals surface area (Å²) in [6.45, 7) is 5.30. The molecule has 0 unspecified atom stereocenters. The summed E-state index contributed by atoms with van der Waals surface area (Å²) in [7, 11) is 0. The van der Waals surface area contributed by atoms with Gasteiger partial charge in [-0.1, -0.05) is 38.1 Å². The third kappa shape index (κ3) is 2.99. The first-order valence-electron chi connectivity index (χ1n) is 6.31. The number of rotatable bonds is 5. The number of nitrogens with one attached hydrogen (secondary N) is 1. The van der Waals surface area contributed by atoms with Crippen LogP contribution in [-0.4, -0.2) is 23.2 Å². The van der Waals surface area contributed by atoms with Crippen LogP contribution in [0.3, 0.4) is 0 Å². The van der Waals surface area contributed by atoms with Crippen LogP contribution >= 0.6 is 0 Å². The molecule has 2 aromatic rings. The van der Waals surface area contributed by atoms with E-state index in [1.807, 2.05) is 24.4 Å². The van der Waals surface area contributed by atoms with Gasteiger partial charge in [-0.25, -0.2) is 4.98 Å². The lowest BCUT2D eigenvalue weighted by molar-refractivity contribution is 0.220. The third-order valence-corrected chi connectivity index (χ3v) is 3.20. The van der Waals surface area contributed by atoms with Gasteiger partial charge in [-0.2, -0.15) is 0 Å². The Morgan fingerprint density at radius 3 is 2.78 bits per heavy atom. The summed E-state index contributed by atoms with van der Waals surface area (Å²) in [6.07, 6.45) is 2.61. The largest absolute Gasteiger partial charge is 0.396 e. The fourth-order valence-electron chi connectivity index (χ4n) is 1.97. The number of pyridine rings is 1. The summed E-state index contributed by atoms with van der Waals surface area (Å²) in [5.41, 5.74) is 0.0629. The standard InChI is InChI=1S/C15H20N2O/c1-15(2,8-10-18)11-17-14-13-6-4-3-5-12(13)7-9-16-14/h3-7,9,18H,8,10-11H2,1-2H3,(H,16,17). The second kappa shape index (κ2) is 5.36. The zero-order chi connectivity index (χ0) is 13.0. The molecule has 0 aliphatic rings. The SMILES string of the molecule is CC(C)(CCO)CNc1nccc2ccccc12. The van der Waals surface area contributed by atoms with Gasteiger partial charge >= 0.3 is 0 Å². The van der Waals surface area contributed by atoms with Crippen LogP contribution in [-0.2, 0) is 0 Å². The number of anilines is 1. The molecular formula is C15H20N2O. The van der Waals surface area contributed by atoms with Crippen LogP contribution in [0.4, 0.5) is 5.82 Å². The Balaban J connectivity index is 2.17. The quantitative estimate of drug-likeness (QED) is 0.849. The fourth-order valence-corrected chi connectivity index (χ4v) is 1.97. The fraction of sp³-hybridized carbons (Fsp3) is 0.400. The van der Waals surface area contributed by atoms with Crippen LogP contribution < -0.4 is 5.32 Å². The first-order valence-corrected chi connectivity index (χ1v) is 6.31. The van der Waals surface area contributed by atoms with E-state index in [0.717, 1.165) is 24.2 Å². The molecule has 2 rings (SSSR count). The van der Waals surface area contributed by atoms with Crippen LogP contribution in [0.25, 0.3) is 10.8 Å². The molecule has 0 spiro atoms. The predicted octanol–water partition coefficient (Wildman–Crippen LogP) is 3.06. The molecule has 0 aliphatic heterocycles. The highest BCUT2D eigenvalue weighted by Gasteiger charge is 2.17. The number of hydrogen-bond acceptors (Lipinski definition) is 3. The van der Waals surface area contributed by atoms with Crippen molar-refractivity contribution in [1.82, 2.24) is 4.98 Å². The van der Waals surface area contributed by atoms with E-state index < -0.39 is 0 Å². The van der Waals surface area contributed by atoms with Crippen molar-refractivity contribution >= 4 is 16.6 Å². The lowest BCUT2D eigenvalue weighted by atomic mass is 9.90. The Morgan fingerprint density at radius 2 is 2.00 bits per heavy atom. The molecule has 0 radical (unpaired) electrons. The van der Waals surface area contributed by atoms with Gasteiger partial charge in [0.25, 0.3) is 0 Å². The number of nitrogens with zero attached hydrogens (tertiary/aromatic N) is 1. The molecule has 2 N–H and O–H groups in total. The molecule has 3 nitrogen and oxygen atoms in total. The first kappa shape index (κ1) is 12.8. The van der Waals surface area contributed by atoms with Gasteiger partial charge in [-0.05, 0) is 23.3 Å². The molecule has 3 heteroatoms. The smallest absolute Gasteiger partial charge is 0.133 e. The molecule has 0 amide bonds. The molecular weight excluding hydrogens is 224 g/mol. The first-order chi connectivity index (χ1) is 8.62. The van der Waals surface area contributed by atoms with Crippen molar-refractivity contribution in [1.29, 1.82) is 0 Å². The maximum absolute atomic E-state index is 9.03. The number of aliphatic hydroxyl groups excluding tert-OH is 1. The highest BCUT2D eigenvalue weighted by molar-refractivity contribution is 5.91. The molecule has 0 saturated carbocycles. The summed E-state index contributed by atoms with van der Waals surface area (Å²) >= 11 is 0. The van der Waals surface area contributed by atoms with Crippen molar-refractivity contribution < 1.29 is 5.11 Å². The highest BCUT2D eigenvalue weighted by Crippen LogP contribution is 2.24. The Kier molecular flexibility index (Phi) is 3.82. The minimum Gasteiger partial charge on any atom is -0.396 e. The molecule has 1 aromatic heterocycles. The second-order valence-corrected chi connectivity index (χ2v) is 5.37. The van der Waals surface area contributed by atoms with E-state index in [2.05, 4.69) is 36.3 Å². The van der Waals surface area contributed by atoms with E-state index >= 15 is 0 Å². The maximum atomic E-state index is 9.03. The summed E-state index contributed by atoms with van der Waals surface area (Å²) in [5, 5.41) is 14.7. The van der Waals surface area contributed by atoms with Crippen LogP contribution in [0.15, 0.2) is 36.5 Å². The summed E-state index contributed by atoms with van der Waals surface area (Å²) < 4.78 is 0. The minimum absolute atomic E-state index is 0.0629. The maximum Gasteiger partial charge on any atom is 0.133 e. The van der Waals surface area contributed by atoms with Crippen molar-refractivity contribution in [3.8, 4) is 0 Å². The van der Waals surface area contributed by atoms with E-state index in [1.54, 1.807) is 0 Å². The van der Waals surface area contributed by atoms with Gasteiger partial charge in [0.1, 0.15) is 5.82 Å². The molecule has 1 aromatic carbocycles. The monoisotopic (exact) mass is 244 g/mol. The second-order valence-electron chi connectivity index (χ2n) is 5.37. The molecule has 0 bridgehead atoms. The molecule has 0 atom stereocenters. The van der Waals surface area contributed by atoms with E-state index in [9.17, 15) is 0 Å². The average Bonchev–Trinajstić information content (AvgIpc) is 2.36. The van der Waals surface area contributed by atoms with Crippen molar-refractivity contribution in [2.75, 3.05) is 18.5 Å². The molecule has 96 valence electrons. The Hall–Kier alpha value is -1.61. The third-order valence-electron chi connectivity index (χ3n) is 3.20. The van der Waals surface area contributed by atoms with Crippen molar-refractivity contribution in [2.24, 2.45) is 5.41 Å². The summed E-state index contributed by atoms with van der Waals surface area (Å²) in [6, 6.07) is 10.2. The topological polar surface area (TPSA) is 45.1 Å². The number of aliphatic hydroxyl groups is 1. The van der Waals surface area contributed by atoms with Crippen LogP contribution in [0.5, 0.6) is 0 Å². The Labute approximate surface area is 108 Å². The van der Waals surface area contributed by atoms with Crippen molar-refractivity contribution in [2.45, 2.75) is 20.3 Å². The summed E-state index contributed by atoms with van der Waals surface area (Å²) in [5.74, 6) is 0.916. The molecule has 0 fully saturated rings. The number of hydrogen-bond donors (Lipinski definition) is 2. The summed E-state index contributed by atoms with van der Waals surface area (Å²) in [4.78, 5) is 4.40. The van der Waals surface area contributed by atoms with Gasteiger partial charge in [0.15, 0.2) is 0 Å². The van der Waals surface area contributed by atoms with Gasteiger partial charge in [-0.3, -0.25) is 0 Å². The number of aromatic nitrogens is 1. The van der Waals surface area contributed by atoms with Gasteiger partial charge in [-0.15, -0.1) is 0 Å². The Bertz CT molecular complexity index is 517. The van der Waals surface area contributed by atoms with Gasteiger partial charge in [0.05, 0.1) is 0 Å². The lowest BCUT2D eigenvalue weighted by Gasteiger charge is -2.24. The van der Waals surface area contributed by atoms with Gasteiger partial charge < -0.3 is 10.4 Å².